The number of benzene rings is 1. The summed E-state index contributed by atoms with van der Waals surface area (Å²) >= 11 is 3.29. The summed E-state index contributed by atoms with van der Waals surface area (Å²) in [6.07, 6.45) is 0. The highest BCUT2D eigenvalue weighted by molar-refractivity contribution is 9.08. The Kier molecular flexibility index (Phi) is 4.51. The van der Waals surface area contributed by atoms with Crippen molar-refractivity contribution in [2.45, 2.75) is 10.2 Å². The molecule has 1 unspecified atom stereocenters. The molecular formula is C8H11BBrN3O2S. The summed E-state index contributed by atoms with van der Waals surface area (Å²) in [6, 6.07) is 6.06. The van der Waals surface area contributed by atoms with Crippen LogP contribution < -0.4 is 10.4 Å². The van der Waals surface area contributed by atoms with Crippen LogP contribution in [0.2, 0.25) is 0 Å². The summed E-state index contributed by atoms with van der Waals surface area (Å²) in [5, 5.41) is 8.44. The highest BCUT2D eigenvalue weighted by Gasteiger charge is 2.08. The number of nitrogens with two attached hydrogens (primary N) is 1. The number of rotatable bonds is 2. The zero-order valence-corrected chi connectivity index (χ0v) is 11.0. The van der Waals surface area contributed by atoms with E-state index >= 15 is 0 Å². The van der Waals surface area contributed by atoms with Gasteiger partial charge >= 0.3 is 6.03 Å². The molecule has 1 rings (SSSR count). The molecule has 0 saturated carbocycles. The second kappa shape index (κ2) is 5.47. The highest BCUT2D eigenvalue weighted by atomic mass is 79.9. The zero-order chi connectivity index (χ0) is 12.2. The van der Waals surface area contributed by atoms with E-state index in [2.05, 4.69) is 25.5 Å². The number of hydrogen-bond donors (Lipinski definition) is 2. The van der Waals surface area contributed by atoms with Crippen molar-refractivity contribution in [3.8, 4) is 0 Å². The van der Waals surface area contributed by atoms with Crippen LogP contribution in [0.3, 0.4) is 0 Å². The Hall–Kier alpha value is -0.855. The van der Waals surface area contributed by atoms with Crippen molar-refractivity contribution in [2.75, 3.05) is 0 Å². The lowest BCUT2D eigenvalue weighted by atomic mass is 10.2. The Labute approximate surface area is 104 Å². The van der Waals surface area contributed by atoms with Crippen LogP contribution in [0.25, 0.3) is 0 Å². The van der Waals surface area contributed by atoms with Crippen molar-refractivity contribution in [2.24, 2.45) is 9.50 Å². The molecule has 3 N–H and O–H groups in total. The quantitative estimate of drug-likeness (QED) is 0.617. The van der Waals surface area contributed by atoms with E-state index in [9.17, 15) is 9.00 Å². The van der Waals surface area contributed by atoms with Crippen LogP contribution in [0.5, 0.6) is 0 Å². The first-order chi connectivity index (χ1) is 7.49. The van der Waals surface area contributed by atoms with Gasteiger partial charge in [-0.15, -0.1) is 4.36 Å². The number of carbonyl (C=O) groups excluding carboxylic acids is 1. The molecule has 8 heteroatoms. The minimum atomic E-state index is -3.15. The van der Waals surface area contributed by atoms with E-state index in [1.807, 2.05) is 0 Å². The fourth-order valence-electron chi connectivity index (χ4n) is 0.995. The van der Waals surface area contributed by atoms with Gasteiger partial charge in [-0.2, -0.15) is 0 Å². The molecule has 0 radical (unpaired) electrons. The molecule has 86 valence electrons. The first-order valence-electron chi connectivity index (χ1n) is 4.41. The molecule has 2 amide bonds. The maximum absolute atomic E-state index is 11.9. The molecule has 0 heterocycles. The Balaban J connectivity index is 3.12. The van der Waals surface area contributed by atoms with Gasteiger partial charge in [0.25, 0.3) is 0 Å². The minimum absolute atomic E-state index is 0.334. The SMILES string of the molecule is BNC(=O)N=S(N)(=O)c1ccc(CBr)cc1. The molecule has 1 atom stereocenters. The molecule has 0 aliphatic rings. The van der Waals surface area contributed by atoms with Gasteiger partial charge in [0.05, 0.1) is 4.90 Å². The summed E-state index contributed by atoms with van der Waals surface area (Å²) in [5.41, 5.74) is 1.03. The number of hydrogen-bond acceptors (Lipinski definition) is 2. The summed E-state index contributed by atoms with van der Waals surface area (Å²) in [7, 11) is -1.75. The van der Waals surface area contributed by atoms with Crippen molar-refractivity contribution < 1.29 is 9.00 Å². The van der Waals surface area contributed by atoms with Crippen LogP contribution in [0, 0.1) is 0 Å². The van der Waals surface area contributed by atoms with Crippen LogP contribution in [0.1, 0.15) is 5.56 Å². The minimum Gasteiger partial charge on any atom is -0.386 e. The summed E-state index contributed by atoms with van der Waals surface area (Å²) in [6.45, 7) is 0. The largest absolute Gasteiger partial charge is 0.386 e. The summed E-state index contributed by atoms with van der Waals surface area (Å²) in [4.78, 5) is 11.3. The van der Waals surface area contributed by atoms with E-state index in [1.165, 1.54) is 7.98 Å². The number of alkyl halides is 1. The normalized spacial score (nSPS) is 13.9. The number of halogens is 1. The summed E-state index contributed by atoms with van der Waals surface area (Å²) in [5.74, 6) is 0. The fraction of sp³-hybridized carbons (Fsp3) is 0.125. The van der Waals surface area contributed by atoms with Crippen molar-refractivity contribution in [3.05, 3.63) is 29.8 Å². The fourth-order valence-corrected chi connectivity index (χ4v) is 2.34. The molecule has 0 aliphatic carbocycles. The van der Waals surface area contributed by atoms with E-state index in [4.69, 9.17) is 5.14 Å². The lowest BCUT2D eigenvalue weighted by Gasteiger charge is -2.04. The molecule has 16 heavy (non-hydrogen) atoms. The maximum atomic E-state index is 11.9. The number of nitrogens with one attached hydrogen (secondary N) is 1. The predicted molar refractivity (Wildman–Crippen MR) is 69.2 cm³/mol. The van der Waals surface area contributed by atoms with Gasteiger partial charge in [-0.05, 0) is 17.7 Å². The molecule has 0 aliphatic heterocycles. The molecule has 1 aromatic rings. The standard InChI is InChI=1S/C8H11BBrN3O2S/c9-12-8(14)13-16(11,15)7-3-1-6(5-10)2-4-7/h1-4H,5,9H2,(H3,11,12,13,14,15). The molecule has 0 saturated heterocycles. The highest BCUT2D eigenvalue weighted by Crippen LogP contribution is 2.12. The lowest BCUT2D eigenvalue weighted by molar-refractivity contribution is 0.254. The van der Waals surface area contributed by atoms with Crippen LogP contribution in [-0.4, -0.2) is 18.2 Å². The van der Waals surface area contributed by atoms with Crippen molar-refractivity contribution in [1.29, 1.82) is 0 Å². The van der Waals surface area contributed by atoms with Crippen molar-refractivity contribution >= 4 is 39.9 Å². The third kappa shape index (κ3) is 3.33. The second-order valence-electron chi connectivity index (χ2n) is 2.99. The summed E-state index contributed by atoms with van der Waals surface area (Å²) < 4.78 is 15.3. The second-order valence-corrected chi connectivity index (χ2v) is 5.34. The Morgan fingerprint density at radius 2 is 2.06 bits per heavy atom. The average Bonchev–Trinajstić information content (AvgIpc) is 2.28. The molecule has 0 aromatic heterocycles. The molecule has 0 spiro atoms. The van der Waals surface area contributed by atoms with Gasteiger partial charge in [-0.1, -0.05) is 28.1 Å². The molecular weight excluding hydrogens is 293 g/mol. The van der Waals surface area contributed by atoms with E-state index < -0.39 is 15.9 Å². The number of nitrogens with zero attached hydrogens (tertiary/aromatic N) is 1. The van der Waals surface area contributed by atoms with Gasteiger partial charge in [0, 0.05) is 5.33 Å². The Morgan fingerprint density at radius 3 is 2.50 bits per heavy atom. The zero-order valence-electron chi connectivity index (χ0n) is 8.64. The van der Waals surface area contributed by atoms with Crippen LogP contribution in [0.4, 0.5) is 4.79 Å². The average molecular weight is 304 g/mol. The van der Waals surface area contributed by atoms with E-state index in [-0.39, 0.29) is 0 Å². The van der Waals surface area contributed by atoms with Gasteiger partial charge in [0.15, 0.2) is 0 Å². The van der Waals surface area contributed by atoms with E-state index in [0.29, 0.717) is 10.2 Å². The lowest BCUT2D eigenvalue weighted by Crippen LogP contribution is -2.21. The van der Waals surface area contributed by atoms with Gasteiger partial charge in [-0.3, -0.25) is 0 Å². The maximum Gasteiger partial charge on any atom is 0.337 e. The van der Waals surface area contributed by atoms with E-state index in [1.54, 1.807) is 24.3 Å². The molecule has 1 aromatic carbocycles. The first kappa shape index (κ1) is 13.2. The van der Waals surface area contributed by atoms with Gasteiger partial charge in [0.2, 0.25) is 7.98 Å². The van der Waals surface area contributed by atoms with Crippen LogP contribution in [0.15, 0.2) is 33.5 Å². The van der Waals surface area contributed by atoms with E-state index in [0.717, 1.165) is 5.56 Å². The number of urea groups is 1. The Bertz CT molecular complexity index is 497. The number of carbonyl (C=O) groups is 1. The predicted octanol–water partition coefficient (Wildman–Crippen LogP) is 0.540. The molecule has 0 bridgehead atoms. The van der Waals surface area contributed by atoms with Gasteiger partial charge in [0.1, 0.15) is 9.92 Å². The molecule has 0 fully saturated rings. The first-order valence-corrected chi connectivity index (χ1v) is 7.11. The number of amides is 2. The molecule has 5 nitrogen and oxygen atoms in total. The van der Waals surface area contributed by atoms with Gasteiger partial charge in [-0.25, -0.2) is 14.1 Å². The smallest absolute Gasteiger partial charge is 0.337 e. The Morgan fingerprint density at radius 1 is 1.50 bits per heavy atom. The van der Waals surface area contributed by atoms with Crippen LogP contribution >= 0.6 is 15.9 Å². The van der Waals surface area contributed by atoms with Gasteiger partial charge < -0.3 is 5.23 Å². The third-order valence-electron chi connectivity index (χ3n) is 1.85. The van der Waals surface area contributed by atoms with Crippen molar-refractivity contribution in [1.82, 2.24) is 5.23 Å². The monoisotopic (exact) mass is 303 g/mol. The third-order valence-corrected chi connectivity index (χ3v) is 3.88. The van der Waals surface area contributed by atoms with Crippen molar-refractivity contribution in [3.63, 3.8) is 0 Å². The van der Waals surface area contributed by atoms with Crippen LogP contribution in [-0.2, 0) is 15.2 Å². The topological polar surface area (TPSA) is 84.6 Å².